The summed E-state index contributed by atoms with van der Waals surface area (Å²) in [6.45, 7) is 9.35. The van der Waals surface area contributed by atoms with E-state index in [-0.39, 0.29) is 0 Å². The number of nitrogens with two attached hydrogens (primary N) is 1. The van der Waals surface area contributed by atoms with Crippen LogP contribution in [0.15, 0.2) is 0 Å². The molecule has 0 spiro atoms. The van der Waals surface area contributed by atoms with E-state index in [4.69, 9.17) is 5.73 Å². The Hall–Kier alpha value is -0.0800. The molecular weight excluding hydrogens is 208 g/mol. The van der Waals surface area contributed by atoms with Crippen LogP contribution in [0, 0.1) is 17.8 Å². The normalized spacial score (nSPS) is 44.1. The second-order valence-corrected chi connectivity index (χ2v) is 6.54. The Labute approximate surface area is 107 Å². The Bertz CT molecular complexity index is 241. The zero-order chi connectivity index (χ0) is 12.4. The number of hydrogen-bond donors (Lipinski definition) is 1. The summed E-state index contributed by atoms with van der Waals surface area (Å²) < 4.78 is 0. The van der Waals surface area contributed by atoms with Crippen LogP contribution in [0.25, 0.3) is 0 Å². The molecule has 2 nitrogen and oxygen atoms in total. The molecule has 1 aliphatic carbocycles. The second-order valence-electron chi connectivity index (χ2n) is 6.54. The summed E-state index contributed by atoms with van der Waals surface area (Å²) in [5, 5.41) is 0. The Morgan fingerprint density at radius 1 is 1.18 bits per heavy atom. The number of nitrogens with zero attached hydrogens (tertiary/aromatic N) is 1. The Kier molecular flexibility index (Phi) is 4.48. The quantitative estimate of drug-likeness (QED) is 0.819. The highest BCUT2D eigenvalue weighted by atomic mass is 15.2. The molecule has 0 aromatic heterocycles. The molecule has 1 aliphatic heterocycles. The molecule has 2 N–H and O–H groups in total. The molecule has 0 radical (unpaired) electrons. The molecule has 5 unspecified atom stereocenters. The first-order valence-electron chi connectivity index (χ1n) is 7.61. The molecule has 2 rings (SSSR count). The average molecular weight is 238 g/mol. The Balaban J connectivity index is 2.04. The first kappa shape index (κ1) is 13.4. The van der Waals surface area contributed by atoms with Crippen molar-refractivity contribution in [3.8, 4) is 0 Å². The van der Waals surface area contributed by atoms with Crippen molar-refractivity contribution >= 4 is 0 Å². The van der Waals surface area contributed by atoms with Crippen molar-refractivity contribution < 1.29 is 0 Å². The smallest absolute Gasteiger partial charge is 0.0141 e. The molecule has 1 heterocycles. The maximum atomic E-state index is 6.00. The van der Waals surface area contributed by atoms with Crippen molar-refractivity contribution in [2.24, 2.45) is 23.5 Å². The average Bonchev–Trinajstić information content (AvgIpc) is 2.67. The molecule has 0 aromatic carbocycles. The molecule has 2 aliphatic rings. The zero-order valence-electron chi connectivity index (χ0n) is 11.9. The fourth-order valence-corrected chi connectivity index (χ4v) is 4.14. The van der Waals surface area contributed by atoms with E-state index < -0.39 is 0 Å². The van der Waals surface area contributed by atoms with Crippen molar-refractivity contribution in [1.82, 2.24) is 4.90 Å². The van der Waals surface area contributed by atoms with Gasteiger partial charge < -0.3 is 5.73 Å². The second kappa shape index (κ2) is 5.71. The first-order valence-corrected chi connectivity index (χ1v) is 7.61. The zero-order valence-corrected chi connectivity index (χ0v) is 11.9. The third-order valence-corrected chi connectivity index (χ3v) is 5.20. The summed E-state index contributed by atoms with van der Waals surface area (Å²) in [5.74, 6) is 2.59. The lowest BCUT2D eigenvalue weighted by molar-refractivity contribution is 0.0740. The van der Waals surface area contributed by atoms with Gasteiger partial charge in [0, 0.05) is 18.6 Å². The standard InChI is InChI=1S/C15H30N2/c1-4-13-5-6-14(9-16)15(8-13)17-10-11(2)7-12(17)3/h11-15H,4-10,16H2,1-3H3. The van der Waals surface area contributed by atoms with Crippen molar-refractivity contribution in [2.75, 3.05) is 13.1 Å². The molecule has 1 saturated carbocycles. The minimum atomic E-state index is 0.755. The van der Waals surface area contributed by atoms with Gasteiger partial charge in [-0.15, -0.1) is 0 Å². The number of hydrogen-bond acceptors (Lipinski definition) is 2. The minimum Gasteiger partial charge on any atom is -0.330 e. The summed E-state index contributed by atoms with van der Waals surface area (Å²) in [6, 6.07) is 1.55. The highest BCUT2D eigenvalue weighted by Gasteiger charge is 2.38. The van der Waals surface area contributed by atoms with Gasteiger partial charge in [-0.05, 0) is 50.5 Å². The van der Waals surface area contributed by atoms with E-state index in [1.807, 2.05) is 0 Å². The van der Waals surface area contributed by atoms with Gasteiger partial charge in [-0.1, -0.05) is 26.7 Å². The van der Waals surface area contributed by atoms with Gasteiger partial charge in [0.1, 0.15) is 0 Å². The van der Waals surface area contributed by atoms with Crippen LogP contribution in [-0.4, -0.2) is 30.1 Å². The third-order valence-electron chi connectivity index (χ3n) is 5.20. The van der Waals surface area contributed by atoms with Crippen molar-refractivity contribution in [2.45, 2.75) is 65.0 Å². The highest BCUT2D eigenvalue weighted by molar-refractivity contribution is 4.92. The minimum absolute atomic E-state index is 0.755. The van der Waals surface area contributed by atoms with Crippen LogP contribution in [0.5, 0.6) is 0 Å². The number of rotatable bonds is 3. The van der Waals surface area contributed by atoms with E-state index >= 15 is 0 Å². The predicted molar refractivity (Wildman–Crippen MR) is 73.9 cm³/mol. The Morgan fingerprint density at radius 3 is 2.47 bits per heavy atom. The fraction of sp³-hybridized carbons (Fsp3) is 1.00. The van der Waals surface area contributed by atoms with Gasteiger partial charge in [-0.2, -0.15) is 0 Å². The van der Waals surface area contributed by atoms with Gasteiger partial charge in [-0.25, -0.2) is 0 Å². The molecular formula is C15H30N2. The summed E-state index contributed by atoms with van der Waals surface area (Å²) in [5.41, 5.74) is 6.00. The van der Waals surface area contributed by atoms with Crippen molar-refractivity contribution in [1.29, 1.82) is 0 Å². The van der Waals surface area contributed by atoms with Crippen LogP contribution >= 0.6 is 0 Å². The van der Waals surface area contributed by atoms with Gasteiger partial charge in [0.15, 0.2) is 0 Å². The lowest BCUT2D eigenvalue weighted by Crippen LogP contribution is -2.48. The van der Waals surface area contributed by atoms with E-state index in [9.17, 15) is 0 Å². The molecule has 100 valence electrons. The van der Waals surface area contributed by atoms with E-state index in [0.29, 0.717) is 0 Å². The van der Waals surface area contributed by atoms with E-state index in [0.717, 1.165) is 36.4 Å². The molecule has 0 aromatic rings. The third kappa shape index (κ3) is 2.85. The summed E-state index contributed by atoms with van der Waals surface area (Å²) in [7, 11) is 0. The van der Waals surface area contributed by atoms with Crippen LogP contribution < -0.4 is 5.73 Å². The fourth-order valence-electron chi connectivity index (χ4n) is 4.14. The highest BCUT2D eigenvalue weighted by Crippen LogP contribution is 2.37. The Morgan fingerprint density at radius 2 is 1.94 bits per heavy atom. The van der Waals surface area contributed by atoms with E-state index in [1.54, 1.807) is 0 Å². The van der Waals surface area contributed by atoms with Crippen molar-refractivity contribution in [3.05, 3.63) is 0 Å². The van der Waals surface area contributed by atoms with Gasteiger partial charge in [0.2, 0.25) is 0 Å². The van der Waals surface area contributed by atoms with Crippen molar-refractivity contribution in [3.63, 3.8) is 0 Å². The first-order chi connectivity index (χ1) is 8.15. The molecule has 1 saturated heterocycles. The van der Waals surface area contributed by atoms with Gasteiger partial charge in [-0.3, -0.25) is 4.90 Å². The van der Waals surface area contributed by atoms with E-state index in [1.165, 1.54) is 38.6 Å². The summed E-state index contributed by atoms with van der Waals surface area (Å²) in [4.78, 5) is 2.78. The maximum Gasteiger partial charge on any atom is 0.0141 e. The van der Waals surface area contributed by atoms with Crippen LogP contribution in [0.3, 0.4) is 0 Å². The number of likely N-dealkylation sites (tertiary alicyclic amines) is 1. The van der Waals surface area contributed by atoms with Crippen LogP contribution in [0.2, 0.25) is 0 Å². The molecule has 2 heteroatoms. The van der Waals surface area contributed by atoms with Gasteiger partial charge in [0.25, 0.3) is 0 Å². The molecule has 0 amide bonds. The maximum absolute atomic E-state index is 6.00. The van der Waals surface area contributed by atoms with E-state index in [2.05, 4.69) is 25.7 Å². The molecule has 0 bridgehead atoms. The largest absolute Gasteiger partial charge is 0.330 e. The van der Waals surface area contributed by atoms with Gasteiger partial charge in [0.05, 0.1) is 0 Å². The van der Waals surface area contributed by atoms with Crippen LogP contribution in [0.4, 0.5) is 0 Å². The van der Waals surface area contributed by atoms with Gasteiger partial charge >= 0.3 is 0 Å². The molecule has 5 atom stereocenters. The molecule has 2 fully saturated rings. The lowest BCUT2D eigenvalue weighted by atomic mass is 9.76. The lowest BCUT2D eigenvalue weighted by Gasteiger charge is -2.42. The van der Waals surface area contributed by atoms with Crippen LogP contribution in [0.1, 0.15) is 52.9 Å². The monoisotopic (exact) mass is 238 g/mol. The van der Waals surface area contributed by atoms with Crippen LogP contribution in [-0.2, 0) is 0 Å². The topological polar surface area (TPSA) is 29.3 Å². The summed E-state index contributed by atoms with van der Waals surface area (Å²) in [6.07, 6.45) is 6.90. The predicted octanol–water partition coefficient (Wildman–Crippen LogP) is 2.87. The molecule has 17 heavy (non-hydrogen) atoms. The SMILES string of the molecule is CCC1CCC(CN)C(N2CC(C)CC2C)C1. The summed E-state index contributed by atoms with van der Waals surface area (Å²) >= 11 is 0.